The molecule has 2 nitrogen and oxygen atoms in total. The molecule has 2 aromatic carbocycles. The van der Waals surface area contributed by atoms with Crippen molar-refractivity contribution < 1.29 is 13.7 Å². The first-order valence-corrected chi connectivity index (χ1v) is 9.05. The molecule has 0 saturated carbocycles. The summed E-state index contributed by atoms with van der Waals surface area (Å²) < 4.78 is 26.6. The van der Waals surface area contributed by atoms with Crippen molar-refractivity contribution in [3.8, 4) is 0 Å². The van der Waals surface area contributed by atoms with Crippen molar-refractivity contribution in [2.75, 3.05) is 0 Å². The maximum Gasteiger partial charge on any atom is 0.525 e. The van der Waals surface area contributed by atoms with Crippen molar-refractivity contribution >= 4 is 12.7 Å². The van der Waals surface area contributed by atoms with Gasteiger partial charge < -0.3 is 9.31 Å². The molecule has 0 spiro atoms. The standard InChI is InChI=1S/C22H26BFO2/c1-16(20(24)23-25-21(2,3)22(4,5)26-23)19-13-11-18(12-14-19)15-17-9-7-6-8-10-17/h6-14H,15H2,1-5H3. The first kappa shape index (κ1) is 18.9. The minimum absolute atomic E-state index is 0.362. The molecule has 0 amide bonds. The molecule has 0 radical (unpaired) electrons. The Balaban J connectivity index is 1.77. The highest BCUT2D eigenvalue weighted by Gasteiger charge is 2.53. The number of benzene rings is 2. The number of halogens is 1. The summed E-state index contributed by atoms with van der Waals surface area (Å²) in [4.78, 5) is 0. The summed E-state index contributed by atoms with van der Waals surface area (Å²) in [5, 5.41) is 0. The van der Waals surface area contributed by atoms with Crippen molar-refractivity contribution in [1.82, 2.24) is 0 Å². The van der Waals surface area contributed by atoms with E-state index in [1.54, 1.807) is 6.92 Å². The lowest BCUT2D eigenvalue weighted by atomic mass is 9.83. The second-order valence-corrected chi connectivity index (χ2v) is 7.92. The van der Waals surface area contributed by atoms with Crippen LogP contribution < -0.4 is 0 Å². The summed E-state index contributed by atoms with van der Waals surface area (Å²) in [5.74, 6) is 0. The molecule has 1 aliphatic heterocycles. The summed E-state index contributed by atoms with van der Waals surface area (Å²) in [6, 6.07) is 18.3. The van der Waals surface area contributed by atoms with Crippen LogP contribution in [0.4, 0.5) is 4.39 Å². The molecule has 136 valence electrons. The Morgan fingerprint density at radius 1 is 0.846 bits per heavy atom. The molecule has 0 aromatic heterocycles. The quantitative estimate of drug-likeness (QED) is 0.666. The van der Waals surface area contributed by atoms with Gasteiger partial charge in [0.2, 0.25) is 0 Å². The lowest BCUT2D eigenvalue weighted by Gasteiger charge is -2.32. The number of hydrogen-bond donors (Lipinski definition) is 0. The van der Waals surface area contributed by atoms with Gasteiger partial charge in [-0.2, -0.15) is 0 Å². The molecule has 1 fully saturated rings. The van der Waals surface area contributed by atoms with E-state index >= 15 is 0 Å². The van der Waals surface area contributed by atoms with Gasteiger partial charge in [0, 0.05) is 0 Å². The van der Waals surface area contributed by atoms with E-state index in [1.807, 2.05) is 70.2 Å². The molecule has 0 aliphatic carbocycles. The Labute approximate surface area is 156 Å². The van der Waals surface area contributed by atoms with Gasteiger partial charge in [-0.3, -0.25) is 0 Å². The van der Waals surface area contributed by atoms with Crippen LogP contribution in [0.15, 0.2) is 60.3 Å². The van der Waals surface area contributed by atoms with Crippen LogP contribution >= 0.6 is 0 Å². The summed E-state index contributed by atoms with van der Waals surface area (Å²) in [6.45, 7) is 9.47. The van der Waals surface area contributed by atoms with Gasteiger partial charge in [-0.05, 0) is 63.3 Å². The smallest absolute Gasteiger partial charge is 0.398 e. The van der Waals surface area contributed by atoms with E-state index < -0.39 is 18.3 Å². The summed E-state index contributed by atoms with van der Waals surface area (Å²) in [6.07, 6.45) is 0.865. The van der Waals surface area contributed by atoms with Crippen LogP contribution in [-0.2, 0) is 15.7 Å². The second kappa shape index (κ2) is 7.01. The SMILES string of the molecule is CC(=C(F)B1OC(C)(C)C(C)(C)O1)c1ccc(Cc2ccccc2)cc1. The first-order chi connectivity index (χ1) is 12.2. The lowest BCUT2D eigenvalue weighted by molar-refractivity contribution is 0.00578. The molecular weight excluding hydrogens is 326 g/mol. The van der Waals surface area contributed by atoms with Crippen LogP contribution in [0.2, 0.25) is 0 Å². The monoisotopic (exact) mass is 352 g/mol. The van der Waals surface area contributed by atoms with E-state index in [9.17, 15) is 4.39 Å². The Bertz CT molecular complexity index is 779. The van der Waals surface area contributed by atoms with E-state index in [1.165, 1.54) is 11.1 Å². The van der Waals surface area contributed by atoms with Crippen LogP contribution in [0, 0.1) is 0 Å². The average molecular weight is 352 g/mol. The van der Waals surface area contributed by atoms with E-state index in [-0.39, 0.29) is 5.73 Å². The van der Waals surface area contributed by atoms with Crippen LogP contribution in [-0.4, -0.2) is 18.3 Å². The molecule has 0 N–H and O–H groups in total. The van der Waals surface area contributed by atoms with Gasteiger partial charge >= 0.3 is 7.12 Å². The van der Waals surface area contributed by atoms with E-state index in [0.29, 0.717) is 5.57 Å². The van der Waals surface area contributed by atoms with Gasteiger partial charge in [0.05, 0.1) is 11.2 Å². The zero-order valence-electron chi connectivity index (χ0n) is 16.2. The zero-order chi connectivity index (χ0) is 18.9. The van der Waals surface area contributed by atoms with Gasteiger partial charge in [0.1, 0.15) is 5.73 Å². The first-order valence-electron chi connectivity index (χ1n) is 9.05. The van der Waals surface area contributed by atoms with Crippen molar-refractivity contribution in [2.45, 2.75) is 52.2 Å². The predicted octanol–water partition coefficient (Wildman–Crippen LogP) is 5.61. The molecule has 1 saturated heterocycles. The molecule has 1 heterocycles. The molecule has 0 unspecified atom stereocenters. The summed E-state index contributed by atoms with van der Waals surface area (Å²) >= 11 is 0. The minimum atomic E-state index is -0.955. The maximum absolute atomic E-state index is 15.0. The molecule has 4 heteroatoms. The Kier molecular flexibility index (Phi) is 5.09. The van der Waals surface area contributed by atoms with Crippen LogP contribution in [0.5, 0.6) is 0 Å². The highest BCUT2D eigenvalue weighted by molar-refractivity contribution is 6.55. The fourth-order valence-electron chi connectivity index (χ4n) is 2.97. The van der Waals surface area contributed by atoms with Crippen LogP contribution in [0.3, 0.4) is 0 Å². The molecule has 26 heavy (non-hydrogen) atoms. The Morgan fingerprint density at radius 2 is 1.35 bits per heavy atom. The van der Waals surface area contributed by atoms with Crippen molar-refractivity contribution in [3.63, 3.8) is 0 Å². The van der Waals surface area contributed by atoms with Crippen molar-refractivity contribution in [2.24, 2.45) is 0 Å². The summed E-state index contributed by atoms with van der Waals surface area (Å²) in [5.41, 5.74) is 2.40. The highest BCUT2D eigenvalue weighted by atomic mass is 19.1. The molecule has 2 aromatic rings. The highest BCUT2D eigenvalue weighted by Crippen LogP contribution is 2.40. The molecule has 0 atom stereocenters. The Morgan fingerprint density at radius 3 is 1.88 bits per heavy atom. The van der Waals surface area contributed by atoms with Gasteiger partial charge in [0.25, 0.3) is 0 Å². The van der Waals surface area contributed by atoms with Crippen molar-refractivity contribution in [1.29, 1.82) is 0 Å². The molecular formula is C22H26BFO2. The number of allylic oxidation sites excluding steroid dienone is 1. The fourth-order valence-corrected chi connectivity index (χ4v) is 2.97. The van der Waals surface area contributed by atoms with E-state index in [0.717, 1.165) is 12.0 Å². The molecule has 1 aliphatic rings. The predicted molar refractivity (Wildman–Crippen MR) is 105 cm³/mol. The van der Waals surface area contributed by atoms with Crippen LogP contribution in [0.25, 0.3) is 5.57 Å². The maximum atomic E-state index is 15.0. The van der Waals surface area contributed by atoms with Gasteiger partial charge in [-0.15, -0.1) is 0 Å². The lowest BCUT2D eigenvalue weighted by Crippen LogP contribution is -2.41. The third-order valence-electron chi connectivity index (χ3n) is 5.46. The van der Waals surface area contributed by atoms with Gasteiger partial charge in [-0.1, -0.05) is 54.6 Å². The molecule has 3 rings (SSSR count). The summed E-state index contributed by atoms with van der Waals surface area (Å²) in [7, 11) is -0.955. The van der Waals surface area contributed by atoms with E-state index in [2.05, 4.69) is 12.1 Å². The topological polar surface area (TPSA) is 18.5 Å². The normalized spacial score (nSPS) is 19.4. The van der Waals surface area contributed by atoms with E-state index in [4.69, 9.17) is 9.31 Å². The minimum Gasteiger partial charge on any atom is -0.398 e. The zero-order valence-corrected chi connectivity index (χ0v) is 16.2. The average Bonchev–Trinajstić information content (AvgIpc) is 2.83. The third-order valence-corrected chi connectivity index (χ3v) is 5.46. The Hall–Kier alpha value is -1.91. The third kappa shape index (κ3) is 3.77. The van der Waals surface area contributed by atoms with Gasteiger partial charge in [-0.25, -0.2) is 4.39 Å². The largest absolute Gasteiger partial charge is 0.525 e. The number of rotatable bonds is 4. The van der Waals surface area contributed by atoms with Crippen molar-refractivity contribution in [3.05, 3.63) is 77.0 Å². The fraction of sp³-hybridized carbons (Fsp3) is 0.364. The second-order valence-electron chi connectivity index (χ2n) is 7.92. The molecule has 0 bridgehead atoms. The number of hydrogen-bond acceptors (Lipinski definition) is 2. The van der Waals surface area contributed by atoms with Crippen LogP contribution in [0.1, 0.15) is 51.3 Å². The van der Waals surface area contributed by atoms with Gasteiger partial charge in [0.15, 0.2) is 0 Å².